The van der Waals surface area contributed by atoms with Crippen LogP contribution in [0.2, 0.25) is 0 Å². The first kappa shape index (κ1) is 12.8. The number of nitrogens with zero attached hydrogens (tertiary/aromatic N) is 3. The molecule has 2 amide bonds. The van der Waals surface area contributed by atoms with Gasteiger partial charge in [0.05, 0.1) is 23.4 Å². The molecular weight excluding hydrogens is 294 g/mol. The average Bonchev–Trinajstić information content (AvgIpc) is 3.18. The number of amides is 2. The summed E-state index contributed by atoms with van der Waals surface area (Å²) < 4.78 is 1.69. The summed E-state index contributed by atoms with van der Waals surface area (Å²) in [5.41, 5.74) is 1.68. The molecule has 0 aromatic carbocycles. The first-order valence-electron chi connectivity index (χ1n) is 5.83. The molecule has 0 fully saturated rings. The Morgan fingerprint density at radius 2 is 2.30 bits per heavy atom. The summed E-state index contributed by atoms with van der Waals surface area (Å²) in [7, 11) is 0. The summed E-state index contributed by atoms with van der Waals surface area (Å²) in [5, 5.41) is 20.2. The van der Waals surface area contributed by atoms with Crippen molar-refractivity contribution in [3.63, 3.8) is 0 Å². The fourth-order valence-corrected chi connectivity index (χ4v) is 2.80. The van der Waals surface area contributed by atoms with E-state index in [0.29, 0.717) is 12.2 Å². The molecule has 6 nitrogen and oxygen atoms in total. The van der Waals surface area contributed by atoms with Crippen LogP contribution >= 0.6 is 22.7 Å². The third kappa shape index (κ3) is 3.03. The van der Waals surface area contributed by atoms with Crippen molar-refractivity contribution in [1.82, 2.24) is 20.3 Å². The molecule has 0 aliphatic heterocycles. The first-order chi connectivity index (χ1) is 9.81. The van der Waals surface area contributed by atoms with Gasteiger partial charge in [-0.2, -0.15) is 11.3 Å². The van der Waals surface area contributed by atoms with Crippen LogP contribution in [-0.2, 0) is 6.54 Å². The highest BCUT2D eigenvalue weighted by atomic mass is 32.1. The van der Waals surface area contributed by atoms with E-state index in [9.17, 15) is 4.79 Å². The number of aromatic nitrogens is 3. The van der Waals surface area contributed by atoms with Gasteiger partial charge in [-0.15, -0.1) is 16.4 Å². The Morgan fingerprint density at radius 3 is 3.05 bits per heavy atom. The Hall–Kier alpha value is -2.19. The zero-order chi connectivity index (χ0) is 13.8. The van der Waals surface area contributed by atoms with Gasteiger partial charge in [-0.1, -0.05) is 5.21 Å². The molecule has 3 rings (SSSR count). The first-order valence-corrected chi connectivity index (χ1v) is 7.66. The maximum Gasteiger partial charge on any atom is 0.320 e. The van der Waals surface area contributed by atoms with E-state index < -0.39 is 0 Å². The largest absolute Gasteiger partial charge is 0.332 e. The van der Waals surface area contributed by atoms with Crippen LogP contribution in [0.25, 0.3) is 5.69 Å². The molecule has 3 heterocycles. The molecule has 0 saturated heterocycles. The molecule has 20 heavy (non-hydrogen) atoms. The third-order valence-electron chi connectivity index (χ3n) is 2.50. The SMILES string of the molecule is O=C(NCc1cn(-c2ccsc2)nn1)Nc1cccs1. The van der Waals surface area contributed by atoms with Crippen molar-refractivity contribution in [2.45, 2.75) is 6.54 Å². The lowest BCUT2D eigenvalue weighted by Crippen LogP contribution is -2.27. The van der Waals surface area contributed by atoms with Gasteiger partial charge in [0.2, 0.25) is 0 Å². The predicted octanol–water partition coefficient (Wildman–Crippen LogP) is 2.71. The predicted molar refractivity (Wildman–Crippen MR) is 79.4 cm³/mol. The minimum absolute atomic E-state index is 0.252. The third-order valence-corrected chi connectivity index (χ3v) is 3.96. The van der Waals surface area contributed by atoms with Crippen LogP contribution < -0.4 is 10.6 Å². The highest BCUT2D eigenvalue weighted by molar-refractivity contribution is 7.14. The van der Waals surface area contributed by atoms with E-state index in [2.05, 4.69) is 20.9 Å². The minimum Gasteiger partial charge on any atom is -0.332 e. The van der Waals surface area contributed by atoms with Gasteiger partial charge < -0.3 is 5.32 Å². The molecule has 0 bridgehead atoms. The van der Waals surface area contributed by atoms with Crippen LogP contribution in [0.3, 0.4) is 0 Å². The van der Waals surface area contributed by atoms with Crippen molar-refractivity contribution in [3.8, 4) is 5.69 Å². The summed E-state index contributed by atoms with van der Waals surface area (Å²) >= 11 is 3.07. The van der Waals surface area contributed by atoms with Gasteiger partial charge >= 0.3 is 6.03 Å². The molecule has 102 valence electrons. The minimum atomic E-state index is -0.252. The number of hydrogen-bond acceptors (Lipinski definition) is 5. The van der Waals surface area contributed by atoms with E-state index in [-0.39, 0.29) is 6.03 Å². The summed E-state index contributed by atoms with van der Waals surface area (Å²) in [5.74, 6) is 0. The molecule has 0 aliphatic carbocycles. The number of rotatable bonds is 4. The average molecular weight is 305 g/mol. The molecule has 0 saturated carbocycles. The van der Waals surface area contributed by atoms with Crippen LogP contribution in [0.5, 0.6) is 0 Å². The van der Waals surface area contributed by atoms with Crippen molar-refractivity contribution < 1.29 is 4.79 Å². The zero-order valence-corrected chi connectivity index (χ0v) is 11.9. The van der Waals surface area contributed by atoms with Crippen LogP contribution in [0.1, 0.15) is 5.69 Å². The number of thiophene rings is 2. The topological polar surface area (TPSA) is 71.8 Å². The fraction of sp³-hybridized carbons (Fsp3) is 0.0833. The van der Waals surface area contributed by atoms with Gasteiger partial charge in [0.25, 0.3) is 0 Å². The van der Waals surface area contributed by atoms with Crippen molar-refractivity contribution in [2.75, 3.05) is 5.32 Å². The highest BCUT2D eigenvalue weighted by Gasteiger charge is 2.06. The van der Waals surface area contributed by atoms with E-state index in [1.807, 2.05) is 34.3 Å². The van der Waals surface area contributed by atoms with Crippen molar-refractivity contribution in [3.05, 3.63) is 46.2 Å². The highest BCUT2D eigenvalue weighted by Crippen LogP contribution is 2.14. The Labute approximate surface area is 123 Å². The van der Waals surface area contributed by atoms with Gasteiger partial charge in [-0.05, 0) is 29.0 Å². The molecule has 3 aromatic heterocycles. The van der Waals surface area contributed by atoms with E-state index in [0.717, 1.165) is 10.7 Å². The molecular formula is C12H11N5OS2. The second kappa shape index (κ2) is 5.85. The molecule has 0 spiro atoms. The van der Waals surface area contributed by atoms with Crippen LogP contribution in [0.15, 0.2) is 40.5 Å². The zero-order valence-electron chi connectivity index (χ0n) is 10.3. The summed E-state index contributed by atoms with van der Waals surface area (Å²) in [4.78, 5) is 11.7. The lowest BCUT2D eigenvalue weighted by atomic mass is 10.4. The Bertz CT molecular complexity index is 675. The molecule has 0 atom stereocenters. The summed E-state index contributed by atoms with van der Waals surface area (Å²) in [6.07, 6.45) is 1.80. The van der Waals surface area contributed by atoms with E-state index in [1.165, 1.54) is 11.3 Å². The monoisotopic (exact) mass is 305 g/mol. The number of urea groups is 1. The van der Waals surface area contributed by atoms with E-state index >= 15 is 0 Å². The fourth-order valence-electron chi connectivity index (χ4n) is 1.57. The molecule has 8 heteroatoms. The number of anilines is 1. The van der Waals surface area contributed by atoms with Crippen LogP contribution in [0.4, 0.5) is 9.80 Å². The number of hydrogen-bond donors (Lipinski definition) is 2. The Kier molecular flexibility index (Phi) is 3.75. The van der Waals surface area contributed by atoms with Crippen LogP contribution in [-0.4, -0.2) is 21.0 Å². The normalized spacial score (nSPS) is 10.4. The maximum atomic E-state index is 11.7. The van der Waals surface area contributed by atoms with Crippen molar-refractivity contribution in [1.29, 1.82) is 0 Å². The lowest BCUT2D eigenvalue weighted by Gasteiger charge is -2.03. The molecule has 0 radical (unpaired) electrons. The summed E-state index contributed by atoms with van der Waals surface area (Å²) in [6.45, 7) is 0.335. The van der Waals surface area contributed by atoms with Crippen molar-refractivity contribution in [2.24, 2.45) is 0 Å². The van der Waals surface area contributed by atoms with E-state index in [4.69, 9.17) is 0 Å². The van der Waals surface area contributed by atoms with Crippen LogP contribution in [0, 0.1) is 0 Å². The standard InChI is InChI=1S/C12H11N5OS2/c18-12(14-11-2-1-4-20-11)13-6-9-7-17(16-15-9)10-3-5-19-8-10/h1-5,7-8H,6H2,(H2,13,14,18). The number of nitrogens with one attached hydrogen (secondary N) is 2. The quantitative estimate of drug-likeness (QED) is 0.778. The van der Waals surface area contributed by atoms with Gasteiger partial charge in [0, 0.05) is 5.38 Å². The van der Waals surface area contributed by atoms with Gasteiger partial charge in [0.15, 0.2) is 0 Å². The number of carbonyl (C=O) groups is 1. The second-order valence-corrected chi connectivity index (χ2v) is 5.65. The summed E-state index contributed by atoms with van der Waals surface area (Å²) in [6, 6.07) is 5.43. The molecule has 2 N–H and O–H groups in total. The molecule has 3 aromatic rings. The van der Waals surface area contributed by atoms with E-state index in [1.54, 1.807) is 22.2 Å². The maximum absolute atomic E-state index is 11.7. The Balaban J connectivity index is 1.55. The van der Waals surface area contributed by atoms with Gasteiger partial charge in [0.1, 0.15) is 5.69 Å². The second-order valence-electron chi connectivity index (χ2n) is 3.92. The smallest absolute Gasteiger partial charge is 0.320 e. The van der Waals surface area contributed by atoms with Gasteiger partial charge in [-0.3, -0.25) is 5.32 Å². The Morgan fingerprint density at radius 1 is 1.35 bits per heavy atom. The molecule has 0 aliphatic rings. The van der Waals surface area contributed by atoms with Gasteiger partial charge in [-0.25, -0.2) is 9.48 Å². The number of carbonyl (C=O) groups excluding carboxylic acids is 1. The van der Waals surface area contributed by atoms with Crippen molar-refractivity contribution >= 4 is 33.7 Å². The lowest BCUT2D eigenvalue weighted by molar-refractivity contribution is 0.251. The molecule has 0 unspecified atom stereocenters.